The van der Waals surface area contributed by atoms with Crippen LogP contribution in [-0.4, -0.2) is 35.6 Å². The summed E-state index contributed by atoms with van der Waals surface area (Å²) >= 11 is 1.65. The van der Waals surface area contributed by atoms with Crippen molar-refractivity contribution < 1.29 is 9.90 Å². The fourth-order valence-electron chi connectivity index (χ4n) is 1.68. The standard InChI is InChI=1S/C12H19NO2S/c1-4-13(6-5-7-14)12(15)11-8-9(2)16-10(11)3/h8,14H,4-7H2,1-3H3. The summed E-state index contributed by atoms with van der Waals surface area (Å²) in [6.45, 7) is 7.39. The van der Waals surface area contributed by atoms with E-state index in [4.69, 9.17) is 5.11 Å². The maximum atomic E-state index is 12.2. The van der Waals surface area contributed by atoms with Crippen molar-refractivity contribution in [2.24, 2.45) is 0 Å². The van der Waals surface area contributed by atoms with Gasteiger partial charge in [-0.3, -0.25) is 4.79 Å². The molecule has 0 unspecified atom stereocenters. The maximum Gasteiger partial charge on any atom is 0.254 e. The number of hydrogen-bond donors (Lipinski definition) is 1. The molecule has 0 spiro atoms. The highest BCUT2D eigenvalue weighted by Gasteiger charge is 2.17. The Labute approximate surface area is 101 Å². The number of aliphatic hydroxyl groups excluding tert-OH is 1. The minimum atomic E-state index is 0.0813. The normalized spacial score (nSPS) is 10.5. The first kappa shape index (κ1) is 13.2. The van der Waals surface area contributed by atoms with Gasteiger partial charge in [0.2, 0.25) is 0 Å². The van der Waals surface area contributed by atoms with E-state index in [0.29, 0.717) is 19.5 Å². The highest BCUT2D eigenvalue weighted by Crippen LogP contribution is 2.22. The van der Waals surface area contributed by atoms with Gasteiger partial charge in [-0.25, -0.2) is 0 Å². The van der Waals surface area contributed by atoms with Gasteiger partial charge in [-0.15, -0.1) is 11.3 Å². The third-order valence-corrected chi connectivity index (χ3v) is 3.49. The first-order valence-electron chi connectivity index (χ1n) is 5.57. The molecule has 0 aliphatic carbocycles. The number of aliphatic hydroxyl groups is 1. The molecule has 4 heteroatoms. The number of carbonyl (C=O) groups excluding carboxylic acids is 1. The molecule has 0 aliphatic heterocycles. The van der Waals surface area contributed by atoms with Crippen LogP contribution in [0.25, 0.3) is 0 Å². The monoisotopic (exact) mass is 241 g/mol. The summed E-state index contributed by atoms with van der Waals surface area (Å²) in [5.41, 5.74) is 0.808. The average Bonchev–Trinajstić information content (AvgIpc) is 2.58. The van der Waals surface area contributed by atoms with Gasteiger partial charge in [0, 0.05) is 29.5 Å². The van der Waals surface area contributed by atoms with E-state index in [9.17, 15) is 4.79 Å². The first-order valence-corrected chi connectivity index (χ1v) is 6.39. The van der Waals surface area contributed by atoms with Gasteiger partial charge in [0.05, 0.1) is 5.56 Å². The zero-order valence-corrected chi connectivity index (χ0v) is 10.9. The molecule has 16 heavy (non-hydrogen) atoms. The van der Waals surface area contributed by atoms with Crippen molar-refractivity contribution in [2.75, 3.05) is 19.7 Å². The van der Waals surface area contributed by atoms with Crippen LogP contribution in [-0.2, 0) is 0 Å². The molecule has 1 aromatic rings. The third-order valence-electron chi connectivity index (χ3n) is 2.53. The summed E-state index contributed by atoms with van der Waals surface area (Å²) in [7, 11) is 0. The Bertz CT molecular complexity index is 360. The highest BCUT2D eigenvalue weighted by molar-refractivity contribution is 7.12. The second-order valence-corrected chi connectivity index (χ2v) is 5.25. The average molecular weight is 241 g/mol. The molecule has 0 atom stereocenters. The molecule has 0 saturated heterocycles. The van der Waals surface area contributed by atoms with Crippen LogP contribution < -0.4 is 0 Å². The lowest BCUT2D eigenvalue weighted by Gasteiger charge is -2.20. The lowest BCUT2D eigenvalue weighted by Crippen LogP contribution is -2.32. The molecular weight excluding hydrogens is 222 g/mol. The van der Waals surface area contributed by atoms with E-state index in [-0.39, 0.29) is 12.5 Å². The van der Waals surface area contributed by atoms with Crippen LogP contribution in [0.4, 0.5) is 0 Å². The molecule has 0 bridgehead atoms. The van der Waals surface area contributed by atoms with E-state index >= 15 is 0 Å². The molecular formula is C12H19NO2S. The number of aryl methyl sites for hydroxylation is 2. The van der Waals surface area contributed by atoms with Crippen molar-refractivity contribution in [1.29, 1.82) is 0 Å². The summed E-state index contributed by atoms with van der Waals surface area (Å²) in [6, 6.07) is 1.95. The summed E-state index contributed by atoms with van der Waals surface area (Å²) in [4.78, 5) is 16.2. The fraction of sp³-hybridized carbons (Fsp3) is 0.583. The van der Waals surface area contributed by atoms with Crippen molar-refractivity contribution in [3.05, 3.63) is 21.4 Å². The Balaban J connectivity index is 2.78. The van der Waals surface area contributed by atoms with Gasteiger partial charge in [-0.05, 0) is 33.3 Å². The first-order chi connectivity index (χ1) is 7.60. The number of thiophene rings is 1. The van der Waals surface area contributed by atoms with Crippen LogP contribution in [0.1, 0.15) is 33.5 Å². The third kappa shape index (κ3) is 3.06. The number of carbonyl (C=O) groups is 1. The minimum absolute atomic E-state index is 0.0813. The van der Waals surface area contributed by atoms with Gasteiger partial charge in [0.25, 0.3) is 5.91 Å². The second kappa shape index (κ2) is 6.01. The SMILES string of the molecule is CCN(CCCO)C(=O)c1cc(C)sc1C. The summed E-state index contributed by atoms with van der Waals surface area (Å²) in [5.74, 6) is 0.0813. The second-order valence-electron chi connectivity index (χ2n) is 3.79. The van der Waals surface area contributed by atoms with E-state index in [2.05, 4.69) is 0 Å². The molecule has 0 aromatic carbocycles. The van der Waals surface area contributed by atoms with Gasteiger partial charge in [0.15, 0.2) is 0 Å². The quantitative estimate of drug-likeness (QED) is 0.858. The highest BCUT2D eigenvalue weighted by atomic mass is 32.1. The van der Waals surface area contributed by atoms with Crippen LogP contribution in [0.3, 0.4) is 0 Å². The topological polar surface area (TPSA) is 40.5 Å². The maximum absolute atomic E-state index is 12.2. The van der Waals surface area contributed by atoms with Crippen molar-refractivity contribution >= 4 is 17.2 Å². The fourth-order valence-corrected chi connectivity index (χ4v) is 2.59. The molecule has 1 aromatic heterocycles. The van der Waals surface area contributed by atoms with Gasteiger partial charge in [0.1, 0.15) is 0 Å². The molecule has 1 heterocycles. The predicted molar refractivity (Wildman–Crippen MR) is 67.1 cm³/mol. The van der Waals surface area contributed by atoms with Crippen molar-refractivity contribution in [3.63, 3.8) is 0 Å². The summed E-state index contributed by atoms with van der Waals surface area (Å²) in [6.07, 6.45) is 0.641. The Kier molecular flexibility index (Phi) is 4.96. The predicted octanol–water partition coefficient (Wildman–Crippen LogP) is 2.21. The van der Waals surface area contributed by atoms with Gasteiger partial charge < -0.3 is 10.0 Å². The van der Waals surface area contributed by atoms with E-state index in [1.54, 1.807) is 16.2 Å². The number of nitrogens with zero attached hydrogens (tertiary/aromatic N) is 1. The molecule has 0 aliphatic rings. The van der Waals surface area contributed by atoms with Gasteiger partial charge in [-0.1, -0.05) is 0 Å². The van der Waals surface area contributed by atoms with Crippen molar-refractivity contribution in [2.45, 2.75) is 27.2 Å². The summed E-state index contributed by atoms with van der Waals surface area (Å²) < 4.78 is 0. The largest absolute Gasteiger partial charge is 0.396 e. The molecule has 0 radical (unpaired) electrons. The van der Waals surface area contributed by atoms with E-state index < -0.39 is 0 Å². The lowest BCUT2D eigenvalue weighted by molar-refractivity contribution is 0.0754. The smallest absolute Gasteiger partial charge is 0.254 e. The Morgan fingerprint density at radius 2 is 2.19 bits per heavy atom. The van der Waals surface area contributed by atoms with Crippen LogP contribution in [0.15, 0.2) is 6.07 Å². The number of hydrogen-bond acceptors (Lipinski definition) is 3. The number of amides is 1. The van der Waals surface area contributed by atoms with E-state index in [0.717, 1.165) is 10.4 Å². The molecule has 0 saturated carbocycles. The van der Waals surface area contributed by atoms with Crippen LogP contribution in [0.5, 0.6) is 0 Å². The molecule has 90 valence electrons. The molecule has 1 rings (SSSR count). The molecule has 1 amide bonds. The molecule has 1 N–H and O–H groups in total. The van der Waals surface area contributed by atoms with Gasteiger partial charge >= 0.3 is 0 Å². The Hall–Kier alpha value is -0.870. The molecule has 3 nitrogen and oxygen atoms in total. The molecule has 0 fully saturated rings. The van der Waals surface area contributed by atoms with Crippen molar-refractivity contribution in [1.82, 2.24) is 4.90 Å². The minimum Gasteiger partial charge on any atom is -0.396 e. The Morgan fingerprint density at radius 3 is 2.62 bits per heavy atom. The summed E-state index contributed by atoms with van der Waals surface area (Å²) in [5, 5.41) is 8.79. The van der Waals surface area contributed by atoms with E-state index in [1.807, 2.05) is 26.8 Å². The van der Waals surface area contributed by atoms with Crippen LogP contribution >= 0.6 is 11.3 Å². The lowest BCUT2D eigenvalue weighted by atomic mass is 10.2. The van der Waals surface area contributed by atoms with E-state index in [1.165, 1.54) is 4.88 Å². The van der Waals surface area contributed by atoms with Crippen molar-refractivity contribution in [3.8, 4) is 0 Å². The zero-order chi connectivity index (χ0) is 12.1. The van der Waals surface area contributed by atoms with Crippen LogP contribution in [0, 0.1) is 13.8 Å². The van der Waals surface area contributed by atoms with Crippen LogP contribution in [0.2, 0.25) is 0 Å². The Morgan fingerprint density at radius 1 is 1.50 bits per heavy atom. The van der Waals surface area contributed by atoms with Gasteiger partial charge in [-0.2, -0.15) is 0 Å². The number of rotatable bonds is 5. The zero-order valence-electron chi connectivity index (χ0n) is 10.1.